The number of aromatic nitrogens is 1. The van der Waals surface area contributed by atoms with E-state index in [0.717, 1.165) is 28.8 Å². The van der Waals surface area contributed by atoms with Crippen LogP contribution in [0.25, 0.3) is 10.9 Å². The molecule has 0 saturated carbocycles. The maximum atomic E-state index is 14.0. The first-order chi connectivity index (χ1) is 9.34. The fourth-order valence-corrected chi connectivity index (χ4v) is 2.58. The van der Waals surface area contributed by atoms with Gasteiger partial charge in [-0.1, -0.05) is 27.7 Å². The summed E-state index contributed by atoms with van der Waals surface area (Å²) >= 11 is 3.45. The fraction of sp³-hybridized carbons (Fsp3) is 0.438. The number of fused-ring (bicyclic) bond motifs is 1. The van der Waals surface area contributed by atoms with Crippen molar-refractivity contribution >= 4 is 32.7 Å². The van der Waals surface area contributed by atoms with Crippen molar-refractivity contribution < 1.29 is 4.39 Å². The summed E-state index contributed by atoms with van der Waals surface area (Å²) in [6.07, 6.45) is 1.02. The number of hydrogen-bond donors (Lipinski definition) is 1. The van der Waals surface area contributed by atoms with E-state index in [9.17, 15) is 4.39 Å². The molecule has 0 amide bonds. The lowest BCUT2D eigenvalue weighted by molar-refractivity contribution is 0.589. The van der Waals surface area contributed by atoms with Crippen LogP contribution >= 0.6 is 15.9 Å². The third-order valence-corrected chi connectivity index (χ3v) is 3.87. The number of anilines is 1. The predicted octanol–water partition coefficient (Wildman–Crippen LogP) is 5.26. The number of nitrogens with one attached hydrogen (secondary N) is 1. The summed E-state index contributed by atoms with van der Waals surface area (Å²) in [5, 5.41) is 3.92. The number of benzene rings is 1. The van der Waals surface area contributed by atoms with E-state index in [2.05, 4.69) is 53.9 Å². The summed E-state index contributed by atoms with van der Waals surface area (Å²) in [4.78, 5) is 4.64. The van der Waals surface area contributed by atoms with Gasteiger partial charge >= 0.3 is 0 Å². The molecular formula is C16H20BrFN2. The van der Waals surface area contributed by atoms with Gasteiger partial charge in [0.1, 0.15) is 11.6 Å². The minimum absolute atomic E-state index is 0.0912. The fourth-order valence-electron chi connectivity index (χ4n) is 2.14. The van der Waals surface area contributed by atoms with E-state index in [4.69, 9.17) is 0 Å². The molecule has 2 nitrogen and oxygen atoms in total. The van der Waals surface area contributed by atoms with Gasteiger partial charge in [-0.2, -0.15) is 0 Å². The Morgan fingerprint density at radius 3 is 2.60 bits per heavy atom. The second kappa shape index (κ2) is 5.68. The van der Waals surface area contributed by atoms with Crippen LogP contribution < -0.4 is 5.32 Å². The van der Waals surface area contributed by atoms with Gasteiger partial charge in [0.25, 0.3) is 0 Å². The highest BCUT2D eigenvalue weighted by molar-refractivity contribution is 9.10. The van der Waals surface area contributed by atoms with Gasteiger partial charge in [0.2, 0.25) is 0 Å². The first-order valence-electron chi connectivity index (χ1n) is 6.87. The van der Waals surface area contributed by atoms with Gasteiger partial charge in [0.15, 0.2) is 0 Å². The Kier molecular flexibility index (Phi) is 4.33. The number of halogens is 2. The standard InChI is InChI=1S/C16H20BrFN2/c1-5-8-19-15-11(16(2,3)4)9-10-13(18)7-6-12(17)14(10)20-15/h6-7,9H,5,8H2,1-4H3,(H,19,20). The molecule has 20 heavy (non-hydrogen) atoms. The molecule has 0 bridgehead atoms. The largest absolute Gasteiger partial charge is 0.370 e. The number of rotatable bonds is 3. The molecule has 0 atom stereocenters. The van der Waals surface area contributed by atoms with Gasteiger partial charge in [-0.3, -0.25) is 0 Å². The molecule has 0 spiro atoms. The molecule has 1 heterocycles. The van der Waals surface area contributed by atoms with Gasteiger partial charge < -0.3 is 5.32 Å². The van der Waals surface area contributed by atoms with E-state index >= 15 is 0 Å². The molecule has 0 fully saturated rings. The lowest BCUT2D eigenvalue weighted by Crippen LogP contribution is -2.17. The zero-order chi connectivity index (χ0) is 14.9. The molecule has 0 aliphatic carbocycles. The number of pyridine rings is 1. The molecule has 0 aliphatic rings. The van der Waals surface area contributed by atoms with Gasteiger partial charge in [-0.15, -0.1) is 0 Å². The molecule has 0 radical (unpaired) electrons. The third-order valence-electron chi connectivity index (χ3n) is 3.23. The van der Waals surface area contributed by atoms with Gasteiger partial charge in [-0.25, -0.2) is 9.37 Å². The van der Waals surface area contributed by atoms with Crippen LogP contribution in [0, 0.1) is 5.82 Å². The molecule has 108 valence electrons. The minimum atomic E-state index is -0.233. The molecule has 1 aromatic heterocycles. The van der Waals surface area contributed by atoms with Gasteiger partial charge in [0.05, 0.1) is 5.52 Å². The monoisotopic (exact) mass is 338 g/mol. The molecule has 1 N–H and O–H groups in total. The van der Waals surface area contributed by atoms with Crippen molar-refractivity contribution in [3.63, 3.8) is 0 Å². The van der Waals surface area contributed by atoms with E-state index in [1.807, 2.05) is 6.07 Å². The van der Waals surface area contributed by atoms with Crippen LogP contribution in [0.4, 0.5) is 10.2 Å². The van der Waals surface area contributed by atoms with E-state index < -0.39 is 0 Å². The van der Waals surface area contributed by atoms with Gasteiger partial charge in [-0.05, 0) is 46.0 Å². The number of hydrogen-bond acceptors (Lipinski definition) is 2. The Hall–Kier alpha value is -1.16. The maximum Gasteiger partial charge on any atom is 0.132 e. The van der Waals surface area contributed by atoms with E-state index in [1.54, 1.807) is 6.07 Å². The van der Waals surface area contributed by atoms with E-state index in [-0.39, 0.29) is 11.2 Å². The summed E-state index contributed by atoms with van der Waals surface area (Å²) in [6.45, 7) is 9.31. The highest BCUT2D eigenvalue weighted by atomic mass is 79.9. The number of nitrogens with zero attached hydrogens (tertiary/aromatic N) is 1. The van der Waals surface area contributed by atoms with Crippen LogP contribution in [0.15, 0.2) is 22.7 Å². The van der Waals surface area contributed by atoms with Crippen LogP contribution in [0.2, 0.25) is 0 Å². The SMILES string of the molecule is CCCNc1nc2c(Br)ccc(F)c2cc1C(C)(C)C. The van der Waals surface area contributed by atoms with Crippen LogP contribution in [-0.2, 0) is 5.41 Å². The Morgan fingerprint density at radius 1 is 1.30 bits per heavy atom. The minimum Gasteiger partial charge on any atom is -0.370 e. The molecule has 0 aliphatic heterocycles. The van der Waals surface area contributed by atoms with Crippen LogP contribution in [-0.4, -0.2) is 11.5 Å². The Balaban J connectivity index is 2.71. The van der Waals surface area contributed by atoms with Crippen LogP contribution in [0.5, 0.6) is 0 Å². The van der Waals surface area contributed by atoms with Crippen molar-refractivity contribution in [1.29, 1.82) is 0 Å². The first kappa shape index (κ1) is 15.2. The zero-order valence-corrected chi connectivity index (χ0v) is 13.9. The third kappa shape index (κ3) is 2.95. The summed E-state index contributed by atoms with van der Waals surface area (Å²) in [5.74, 6) is 0.612. The van der Waals surface area contributed by atoms with E-state index in [1.165, 1.54) is 6.07 Å². The summed E-state index contributed by atoms with van der Waals surface area (Å²) in [5.41, 5.74) is 1.61. The normalized spacial score (nSPS) is 11.9. The molecular weight excluding hydrogens is 319 g/mol. The van der Waals surface area contributed by atoms with Crippen molar-refractivity contribution in [3.8, 4) is 0 Å². The average Bonchev–Trinajstić information content (AvgIpc) is 2.39. The van der Waals surface area contributed by atoms with Crippen molar-refractivity contribution in [2.45, 2.75) is 39.5 Å². The topological polar surface area (TPSA) is 24.9 Å². The molecule has 2 rings (SSSR count). The molecule has 2 aromatic rings. The smallest absolute Gasteiger partial charge is 0.132 e. The highest BCUT2D eigenvalue weighted by Gasteiger charge is 2.21. The van der Waals surface area contributed by atoms with Crippen LogP contribution in [0.1, 0.15) is 39.7 Å². The Bertz CT molecular complexity index is 632. The zero-order valence-electron chi connectivity index (χ0n) is 12.3. The highest BCUT2D eigenvalue weighted by Crippen LogP contribution is 2.34. The van der Waals surface area contributed by atoms with Crippen molar-refractivity contribution in [2.24, 2.45) is 0 Å². The summed E-state index contributed by atoms with van der Waals surface area (Å²) in [7, 11) is 0. The average molecular weight is 339 g/mol. The molecule has 4 heteroatoms. The van der Waals surface area contributed by atoms with Crippen molar-refractivity contribution in [3.05, 3.63) is 34.1 Å². The second-order valence-electron chi connectivity index (χ2n) is 5.99. The van der Waals surface area contributed by atoms with Gasteiger partial charge in [0, 0.05) is 22.0 Å². The molecule has 0 saturated heterocycles. The van der Waals surface area contributed by atoms with Crippen LogP contribution in [0.3, 0.4) is 0 Å². The maximum absolute atomic E-state index is 14.0. The summed E-state index contributed by atoms with van der Waals surface area (Å²) < 4.78 is 14.9. The second-order valence-corrected chi connectivity index (χ2v) is 6.84. The molecule has 0 unspecified atom stereocenters. The van der Waals surface area contributed by atoms with Crippen molar-refractivity contribution in [2.75, 3.05) is 11.9 Å². The summed E-state index contributed by atoms with van der Waals surface area (Å²) in [6, 6.07) is 5.09. The lowest BCUT2D eigenvalue weighted by Gasteiger charge is -2.23. The Labute approximate surface area is 127 Å². The quantitative estimate of drug-likeness (QED) is 0.825. The predicted molar refractivity (Wildman–Crippen MR) is 86.9 cm³/mol. The first-order valence-corrected chi connectivity index (χ1v) is 7.67. The lowest BCUT2D eigenvalue weighted by atomic mass is 9.86. The van der Waals surface area contributed by atoms with E-state index in [0.29, 0.717) is 10.9 Å². The van der Waals surface area contributed by atoms with Crippen molar-refractivity contribution in [1.82, 2.24) is 4.98 Å². The Morgan fingerprint density at radius 2 is 2.00 bits per heavy atom. The molecule has 1 aromatic carbocycles.